The van der Waals surface area contributed by atoms with E-state index in [1.165, 1.54) is 16.5 Å². The zero-order valence-electron chi connectivity index (χ0n) is 13.4. The molecule has 6 heteroatoms. The van der Waals surface area contributed by atoms with Crippen LogP contribution in [0.5, 0.6) is 0 Å². The van der Waals surface area contributed by atoms with Crippen molar-refractivity contribution in [3.63, 3.8) is 0 Å². The minimum Gasteiger partial charge on any atom is -0.331 e. The van der Waals surface area contributed by atoms with E-state index in [4.69, 9.17) is 0 Å². The fourth-order valence-corrected chi connectivity index (χ4v) is 4.61. The summed E-state index contributed by atoms with van der Waals surface area (Å²) in [5, 5.41) is 2.06. The highest BCUT2D eigenvalue weighted by molar-refractivity contribution is 7.90. The molecule has 0 aliphatic carbocycles. The van der Waals surface area contributed by atoms with E-state index in [-0.39, 0.29) is 16.8 Å². The number of rotatable bonds is 2. The number of benzene rings is 1. The second-order valence-corrected chi connectivity index (χ2v) is 8.99. The van der Waals surface area contributed by atoms with Gasteiger partial charge in [-0.25, -0.2) is 8.42 Å². The summed E-state index contributed by atoms with van der Waals surface area (Å²) in [5.74, 6) is -0.0997. The van der Waals surface area contributed by atoms with E-state index >= 15 is 0 Å². The molecule has 1 amide bonds. The van der Waals surface area contributed by atoms with Gasteiger partial charge in [0.05, 0.1) is 10.9 Å². The lowest BCUT2D eigenvalue weighted by molar-refractivity contribution is 0.0678. The molecule has 0 saturated heterocycles. The minimum atomic E-state index is -3.33. The molecule has 0 radical (unpaired) electrons. The molecule has 2 heterocycles. The van der Waals surface area contributed by atoms with Crippen LogP contribution in [0.1, 0.15) is 39.3 Å². The summed E-state index contributed by atoms with van der Waals surface area (Å²) in [6.07, 6.45) is 2.01. The van der Waals surface area contributed by atoms with E-state index in [1.54, 1.807) is 23.5 Å². The second kappa shape index (κ2) is 5.76. The first kappa shape index (κ1) is 16.2. The van der Waals surface area contributed by atoms with E-state index in [9.17, 15) is 13.2 Å². The number of aryl methyl sites for hydroxylation is 1. The Morgan fingerprint density at radius 1 is 1.30 bits per heavy atom. The number of fused-ring (bicyclic) bond motifs is 1. The predicted octanol–water partition coefficient (Wildman–Crippen LogP) is 3.22. The van der Waals surface area contributed by atoms with Gasteiger partial charge in [0.2, 0.25) is 0 Å². The van der Waals surface area contributed by atoms with Crippen LogP contribution in [0, 0.1) is 6.92 Å². The summed E-state index contributed by atoms with van der Waals surface area (Å²) in [6, 6.07) is 6.85. The van der Waals surface area contributed by atoms with Crippen molar-refractivity contribution in [3.05, 3.63) is 51.2 Å². The summed E-state index contributed by atoms with van der Waals surface area (Å²) in [7, 11) is -3.33. The third-order valence-corrected chi connectivity index (χ3v) is 6.51. The Labute approximate surface area is 140 Å². The van der Waals surface area contributed by atoms with Gasteiger partial charge in [-0.1, -0.05) is 6.07 Å². The Bertz CT molecular complexity index is 868. The van der Waals surface area contributed by atoms with Gasteiger partial charge in [-0.05, 0) is 55.0 Å². The molecule has 0 unspecified atom stereocenters. The number of thiophene rings is 1. The Hall–Kier alpha value is -1.66. The van der Waals surface area contributed by atoms with Crippen molar-refractivity contribution in [1.82, 2.24) is 4.90 Å². The largest absolute Gasteiger partial charge is 0.331 e. The predicted molar refractivity (Wildman–Crippen MR) is 91.8 cm³/mol. The lowest BCUT2D eigenvalue weighted by Gasteiger charge is -2.34. The summed E-state index contributed by atoms with van der Waals surface area (Å²) in [5.41, 5.74) is 2.47. The van der Waals surface area contributed by atoms with E-state index in [0.29, 0.717) is 12.1 Å². The van der Waals surface area contributed by atoms with Gasteiger partial charge < -0.3 is 4.90 Å². The molecule has 1 aromatic carbocycles. The van der Waals surface area contributed by atoms with Gasteiger partial charge in [-0.2, -0.15) is 0 Å². The summed E-state index contributed by atoms with van der Waals surface area (Å²) in [6.45, 7) is 4.53. The van der Waals surface area contributed by atoms with Crippen LogP contribution in [-0.2, 0) is 16.3 Å². The average Bonchev–Trinajstić information content (AvgIpc) is 2.95. The SMILES string of the molecule is Cc1ccc(S(C)(=O)=O)cc1C(=O)N1CCc2sccc2[C@@H]1C. The number of sulfone groups is 1. The number of hydrogen-bond acceptors (Lipinski definition) is 4. The number of carbonyl (C=O) groups excluding carboxylic acids is 1. The first-order valence-corrected chi connectivity index (χ1v) is 10.2. The molecule has 1 aromatic heterocycles. The van der Waals surface area contributed by atoms with Crippen molar-refractivity contribution in [2.24, 2.45) is 0 Å². The molecule has 23 heavy (non-hydrogen) atoms. The van der Waals surface area contributed by atoms with Crippen molar-refractivity contribution in [2.75, 3.05) is 12.8 Å². The van der Waals surface area contributed by atoms with E-state index < -0.39 is 9.84 Å². The third kappa shape index (κ3) is 2.93. The maximum absolute atomic E-state index is 13.0. The molecular formula is C17H19NO3S2. The molecule has 1 aliphatic heterocycles. The fourth-order valence-electron chi connectivity index (χ4n) is 3.00. The summed E-state index contributed by atoms with van der Waals surface area (Å²) >= 11 is 1.73. The Kier molecular flexibility index (Phi) is 4.06. The molecular weight excluding hydrogens is 330 g/mol. The lowest BCUT2D eigenvalue weighted by atomic mass is 9.99. The van der Waals surface area contributed by atoms with Gasteiger partial charge in [-0.15, -0.1) is 11.3 Å². The first-order valence-electron chi connectivity index (χ1n) is 7.47. The monoisotopic (exact) mass is 349 g/mol. The van der Waals surface area contributed by atoms with Crippen LogP contribution in [0.4, 0.5) is 0 Å². The topological polar surface area (TPSA) is 54.5 Å². The molecule has 1 aliphatic rings. The van der Waals surface area contributed by atoms with Gasteiger partial charge in [0.15, 0.2) is 9.84 Å². The molecule has 0 bridgehead atoms. The standard InChI is InChI=1S/C17H19NO3S2/c1-11-4-5-13(23(3,20)21)10-15(11)17(19)18-8-6-16-14(12(18)2)7-9-22-16/h4-5,7,9-10,12H,6,8H2,1-3H3/t12-/m0/s1. The van der Waals surface area contributed by atoms with Gasteiger partial charge in [0.25, 0.3) is 5.91 Å². The Balaban J connectivity index is 1.98. The van der Waals surface area contributed by atoms with Crippen molar-refractivity contribution in [3.8, 4) is 0 Å². The molecule has 2 aromatic rings. The molecule has 0 spiro atoms. The third-order valence-electron chi connectivity index (χ3n) is 4.41. The number of carbonyl (C=O) groups is 1. The Morgan fingerprint density at radius 2 is 2.04 bits per heavy atom. The smallest absolute Gasteiger partial charge is 0.254 e. The maximum atomic E-state index is 13.0. The van der Waals surface area contributed by atoms with E-state index in [1.807, 2.05) is 18.7 Å². The Morgan fingerprint density at radius 3 is 2.74 bits per heavy atom. The normalized spacial score (nSPS) is 17.9. The molecule has 0 saturated carbocycles. The van der Waals surface area contributed by atoms with Crippen LogP contribution in [0.25, 0.3) is 0 Å². The number of nitrogens with zero attached hydrogens (tertiary/aromatic N) is 1. The van der Waals surface area contributed by atoms with E-state index in [0.717, 1.165) is 18.2 Å². The lowest BCUT2D eigenvalue weighted by Crippen LogP contribution is -2.38. The van der Waals surface area contributed by atoms with Crippen LogP contribution in [0.15, 0.2) is 34.5 Å². The summed E-state index contributed by atoms with van der Waals surface area (Å²) < 4.78 is 23.5. The zero-order valence-corrected chi connectivity index (χ0v) is 15.0. The second-order valence-electron chi connectivity index (χ2n) is 5.97. The number of hydrogen-bond donors (Lipinski definition) is 0. The van der Waals surface area contributed by atoms with Gasteiger partial charge in [-0.3, -0.25) is 4.79 Å². The van der Waals surface area contributed by atoms with Crippen LogP contribution in [0.2, 0.25) is 0 Å². The average molecular weight is 349 g/mol. The highest BCUT2D eigenvalue weighted by atomic mass is 32.2. The van der Waals surface area contributed by atoms with Crippen molar-refractivity contribution in [1.29, 1.82) is 0 Å². The summed E-state index contributed by atoms with van der Waals surface area (Å²) in [4.78, 5) is 16.3. The van der Waals surface area contributed by atoms with Crippen LogP contribution in [-0.4, -0.2) is 32.0 Å². The highest BCUT2D eigenvalue weighted by Gasteiger charge is 2.30. The van der Waals surface area contributed by atoms with E-state index in [2.05, 4.69) is 11.4 Å². The maximum Gasteiger partial charge on any atom is 0.254 e. The highest BCUT2D eigenvalue weighted by Crippen LogP contribution is 2.34. The van der Waals surface area contributed by atoms with Gasteiger partial charge in [0, 0.05) is 23.2 Å². The molecule has 122 valence electrons. The van der Waals surface area contributed by atoms with Crippen LogP contribution in [0.3, 0.4) is 0 Å². The quantitative estimate of drug-likeness (QED) is 0.836. The van der Waals surface area contributed by atoms with Gasteiger partial charge >= 0.3 is 0 Å². The molecule has 3 rings (SSSR count). The van der Waals surface area contributed by atoms with Crippen LogP contribution < -0.4 is 0 Å². The van der Waals surface area contributed by atoms with Crippen molar-refractivity contribution < 1.29 is 13.2 Å². The molecule has 0 N–H and O–H groups in total. The van der Waals surface area contributed by atoms with Crippen molar-refractivity contribution in [2.45, 2.75) is 31.2 Å². The van der Waals surface area contributed by atoms with Crippen LogP contribution >= 0.6 is 11.3 Å². The van der Waals surface area contributed by atoms with Crippen molar-refractivity contribution >= 4 is 27.1 Å². The van der Waals surface area contributed by atoms with Gasteiger partial charge in [0.1, 0.15) is 0 Å². The number of amides is 1. The molecule has 0 fully saturated rings. The molecule has 1 atom stereocenters. The first-order chi connectivity index (χ1) is 10.8. The molecule has 4 nitrogen and oxygen atoms in total. The minimum absolute atomic E-state index is 0.0128. The zero-order chi connectivity index (χ0) is 16.8. The fraction of sp³-hybridized carbons (Fsp3) is 0.353.